The Morgan fingerprint density at radius 2 is 1.70 bits per heavy atom. The second-order valence-corrected chi connectivity index (χ2v) is 7.98. The van der Waals surface area contributed by atoms with Crippen molar-refractivity contribution in [2.24, 2.45) is 0 Å². The van der Waals surface area contributed by atoms with Gasteiger partial charge in [-0.1, -0.05) is 23.2 Å². The van der Waals surface area contributed by atoms with Gasteiger partial charge in [-0.15, -0.1) is 0 Å². The smallest absolute Gasteiger partial charge is 0.281 e. The maximum atomic E-state index is 12.7. The first-order valence-electron chi connectivity index (χ1n) is 5.91. The molecule has 2 nitrogen and oxygen atoms in total. The molecule has 9 heteroatoms. The molecule has 1 aromatic heterocycles. The van der Waals surface area contributed by atoms with E-state index in [1.54, 1.807) is 12.1 Å². The number of halogens is 7. The van der Waals surface area contributed by atoms with Crippen LogP contribution >= 0.6 is 55.1 Å². The number of nitrogens with zero attached hydrogens (tertiary/aromatic N) is 1. The van der Waals surface area contributed by atoms with Gasteiger partial charge in [0.2, 0.25) is 0 Å². The van der Waals surface area contributed by atoms with Crippen molar-refractivity contribution in [3.63, 3.8) is 0 Å². The molecule has 0 aliphatic heterocycles. The van der Waals surface area contributed by atoms with Crippen molar-refractivity contribution in [2.75, 3.05) is 0 Å². The SMILES string of the molecule is O=c1cc(C=C(Br)Br)ccn1-c1c(Cl)cc(C(F)(F)F)cc1Cl. The lowest BCUT2D eigenvalue weighted by molar-refractivity contribution is -0.137. The summed E-state index contributed by atoms with van der Waals surface area (Å²) in [5, 5.41) is -0.534. The van der Waals surface area contributed by atoms with E-state index in [0.29, 0.717) is 8.96 Å². The van der Waals surface area contributed by atoms with E-state index < -0.39 is 17.3 Å². The molecule has 122 valence electrons. The minimum atomic E-state index is -4.58. The second-order valence-electron chi connectivity index (χ2n) is 4.39. The fourth-order valence-corrected chi connectivity index (χ4v) is 3.05. The van der Waals surface area contributed by atoms with E-state index in [2.05, 4.69) is 31.9 Å². The average Bonchev–Trinajstić information content (AvgIpc) is 2.38. The van der Waals surface area contributed by atoms with Gasteiger partial charge in [0.1, 0.15) is 0 Å². The molecule has 0 saturated heterocycles. The molecule has 0 unspecified atom stereocenters. The average molecular weight is 492 g/mol. The number of hydrogen-bond acceptors (Lipinski definition) is 1. The molecule has 0 aliphatic carbocycles. The molecule has 23 heavy (non-hydrogen) atoms. The van der Waals surface area contributed by atoms with Crippen LogP contribution in [0.4, 0.5) is 13.2 Å². The molecule has 0 atom stereocenters. The summed E-state index contributed by atoms with van der Waals surface area (Å²) in [6, 6.07) is 4.36. The minimum absolute atomic E-state index is 0.000212. The quantitative estimate of drug-likeness (QED) is 0.486. The van der Waals surface area contributed by atoms with Crippen molar-refractivity contribution in [2.45, 2.75) is 6.18 Å². The summed E-state index contributed by atoms with van der Waals surface area (Å²) < 4.78 is 39.9. The van der Waals surface area contributed by atoms with Gasteiger partial charge in [0.25, 0.3) is 5.56 Å². The van der Waals surface area contributed by atoms with Gasteiger partial charge in [-0.2, -0.15) is 13.2 Å². The van der Waals surface area contributed by atoms with E-state index in [1.807, 2.05) is 0 Å². The minimum Gasteiger partial charge on any atom is -0.281 e. The van der Waals surface area contributed by atoms with E-state index in [-0.39, 0.29) is 15.7 Å². The highest BCUT2D eigenvalue weighted by Gasteiger charge is 2.32. The van der Waals surface area contributed by atoms with Gasteiger partial charge >= 0.3 is 6.18 Å². The highest BCUT2D eigenvalue weighted by molar-refractivity contribution is 9.28. The summed E-state index contributed by atoms with van der Waals surface area (Å²) in [6.45, 7) is 0. The molecule has 2 aromatic rings. The maximum Gasteiger partial charge on any atom is 0.416 e. The van der Waals surface area contributed by atoms with Gasteiger partial charge in [-0.3, -0.25) is 9.36 Å². The first kappa shape index (κ1) is 18.6. The Balaban J connectivity index is 2.60. The van der Waals surface area contributed by atoms with Gasteiger partial charge in [0, 0.05) is 12.3 Å². The van der Waals surface area contributed by atoms with Crippen molar-refractivity contribution in [3.05, 3.63) is 65.4 Å². The molecular weight excluding hydrogens is 486 g/mol. The highest BCUT2D eigenvalue weighted by atomic mass is 79.9. The third-order valence-corrected chi connectivity index (χ3v) is 3.84. The first-order valence-corrected chi connectivity index (χ1v) is 8.26. The predicted molar refractivity (Wildman–Crippen MR) is 92.9 cm³/mol. The van der Waals surface area contributed by atoms with Crippen LogP contribution in [0, 0.1) is 0 Å². The van der Waals surface area contributed by atoms with Crippen LogP contribution in [0.25, 0.3) is 11.8 Å². The van der Waals surface area contributed by atoms with Gasteiger partial charge in [-0.05, 0) is 61.7 Å². The number of aromatic nitrogens is 1. The molecular formula is C14H6Br2Cl2F3NO. The van der Waals surface area contributed by atoms with Crippen molar-refractivity contribution in [1.29, 1.82) is 0 Å². The van der Waals surface area contributed by atoms with Crippen molar-refractivity contribution >= 4 is 61.1 Å². The molecule has 0 saturated carbocycles. The Kier molecular flexibility index (Phi) is 5.66. The number of rotatable bonds is 2. The largest absolute Gasteiger partial charge is 0.416 e. The molecule has 2 rings (SSSR count). The fourth-order valence-electron chi connectivity index (χ4n) is 1.85. The Labute approximate surface area is 155 Å². The molecule has 0 spiro atoms. The molecule has 0 N–H and O–H groups in total. The number of benzene rings is 1. The van der Waals surface area contributed by atoms with Crippen LogP contribution in [-0.2, 0) is 6.18 Å². The van der Waals surface area contributed by atoms with E-state index in [0.717, 1.165) is 16.7 Å². The van der Waals surface area contributed by atoms with Crippen LogP contribution in [0.5, 0.6) is 0 Å². The third kappa shape index (κ3) is 4.41. The third-order valence-electron chi connectivity index (χ3n) is 2.80. The Morgan fingerprint density at radius 1 is 1.13 bits per heavy atom. The summed E-state index contributed by atoms with van der Waals surface area (Å²) in [4.78, 5) is 12.2. The van der Waals surface area contributed by atoms with Gasteiger partial charge in [0.05, 0.1) is 24.7 Å². The van der Waals surface area contributed by atoms with Crippen LogP contribution < -0.4 is 5.56 Å². The van der Waals surface area contributed by atoms with Gasteiger partial charge in [0.15, 0.2) is 0 Å². The molecule has 1 heterocycles. The zero-order valence-corrected chi connectivity index (χ0v) is 15.6. The van der Waals surface area contributed by atoms with Gasteiger partial charge in [-0.25, -0.2) is 0 Å². The molecule has 0 radical (unpaired) electrons. The summed E-state index contributed by atoms with van der Waals surface area (Å²) in [5.74, 6) is 0. The first-order chi connectivity index (χ1) is 10.6. The lowest BCUT2D eigenvalue weighted by atomic mass is 10.2. The van der Waals surface area contributed by atoms with Crippen LogP contribution in [-0.4, -0.2) is 4.57 Å². The van der Waals surface area contributed by atoms with Crippen molar-refractivity contribution in [1.82, 2.24) is 4.57 Å². The van der Waals surface area contributed by atoms with Crippen LogP contribution in [0.3, 0.4) is 0 Å². The van der Waals surface area contributed by atoms with Crippen molar-refractivity contribution < 1.29 is 13.2 Å². The summed E-state index contributed by atoms with van der Waals surface area (Å²) >= 11 is 18.1. The molecule has 1 aromatic carbocycles. The monoisotopic (exact) mass is 489 g/mol. The lowest BCUT2D eigenvalue weighted by Crippen LogP contribution is -2.18. The molecule has 0 bridgehead atoms. The summed E-state index contributed by atoms with van der Waals surface area (Å²) in [7, 11) is 0. The highest BCUT2D eigenvalue weighted by Crippen LogP contribution is 2.37. The van der Waals surface area contributed by atoms with Crippen LogP contribution in [0.2, 0.25) is 10.0 Å². The standard InChI is InChI=1S/C14H6Br2Cl2F3NO/c15-11(16)3-7-1-2-22(12(23)4-7)13-9(17)5-8(6-10(13)18)14(19,20)21/h1-6H. The van der Waals surface area contributed by atoms with E-state index in [1.165, 1.54) is 12.3 Å². The van der Waals surface area contributed by atoms with E-state index >= 15 is 0 Å². The summed E-state index contributed by atoms with van der Waals surface area (Å²) in [6.07, 6.45) is -1.55. The van der Waals surface area contributed by atoms with E-state index in [9.17, 15) is 18.0 Å². The zero-order chi connectivity index (χ0) is 17.4. The maximum absolute atomic E-state index is 12.7. The Bertz CT molecular complexity index is 820. The van der Waals surface area contributed by atoms with Gasteiger partial charge < -0.3 is 0 Å². The zero-order valence-electron chi connectivity index (χ0n) is 11.0. The van der Waals surface area contributed by atoms with Crippen LogP contribution in [0.1, 0.15) is 11.1 Å². The topological polar surface area (TPSA) is 22.0 Å². The van der Waals surface area contributed by atoms with E-state index in [4.69, 9.17) is 23.2 Å². The molecule has 0 aliphatic rings. The Morgan fingerprint density at radius 3 is 2.13 bits per heavy atom. The molecule has 0 fully saturated rings. The number of alkyl halides is 3. The normalized spacial score (nSPS) is 11.4. The Hall–Kier alpha value is -0.760. The van der Waals surface area contributed by atoms with Crippen molar-refractivity contribution in [3.8, 4) is 5.69 Å². The molecule has 0 amide bonds. The number of pyridine rings is 1. The predicted octanol–water partition coefficient (Wildman–Crippen LogP) is 6.25. The fraction of sp³-hybridized carbons (Fsp3) is 0.0714. The lowest BCUT2D eigenvalue weighted by Gasteiger charge is -2.14. The number of hydrogen-bond donors (Lipinski definition) is 0. The second kappa shape index (κ2) is 7.01. The summed E-state index contributed by atoms with van der Waals surface area (Å²) in [5.41, 5.74) is -0.871. The van der Waals surface area contributed by atoms with Crippen LogP contribution in [0.15, 0.2) is 38.6 Å².